The van der Waals surface area contributed by atoms with Gasteiger partial charge in [0.15, 0.2) is 0 Å². The summed E-state index contributed by atoms with van der Waals surface area (Å²) >= 11 is 0. The molecule has 2 rings (SSSR count). The normalized spacial score (nSPS) is 29.1. The highest BCUT2D eigenvalue weighted by molar-refractivity contribution is 5.76. The number of carbonyl (C=O) groups excluding carboxylic acids is 1. The van der Waals surface area contributed by atoms with E-state index in [4.69, 9.17) is 4.74 Å². The fraction of sp³-hybridized carbons (Fsp3) is 0.769. The first kappa shape index (κ1) is 11.6. The molecule has 1 saturated heterocycles. The van der Waals surface area contributed by atoms with Crippen molar-refractivity contribution in [2.24, 2.45) is 11.8 Å². The lowest BCUT2D eigenvalue weighted by molar-refractivity contribution is -0.122. The van der Waals surface area contributed by atoms with Crippen LogP contribution in [0.4, 0.5) is 0 Å². The van der Waals surface area contributed by atoms with Crippen molar-refractivity contribution in [2.45, 2.75) is 38.6 Å². The molecular formula is C13H21NO2. The molecule has 2 aliphatic rings. The van der Waals surface area contributed by atoms with E-state index in [2.05, 4.69) is 11.9 Å². The fourth-order valence-corrected chi connectivity index (χ4v) is 2.31. The van der Waals surface area contributed by atoms with Crippen LogP contribution in [-0.4, -0.2) is 25.2 Å². The zero-order valence-electron chi connectivity index (χ0n) is 10.00. The molecule has 3 heteroatoms. The maximum Gasteiger partial charge on any atom is 0.220 e. The Labute approximate surface area is 97.2 Å². The van der Waals surface area contributed by atoms with E-state index >= 15 is 0 Å². The molecule has 1 N–H and O–H groups in total. The summed E-state index contributed by atoms with van der Waals surface area (Å²) < 4.78 is 5.47. The highest BCUT2D eigenvalue weighted by Crippen LogP contribution is 2.40. The minimum atomic E-state index is 0.143. The molecule has 90 valence electrons. The van der Waals surface area contributed by atoms with Gasteiger partial charge in [0.25, 0.3) is 0 Å². The highest BCUT2D eigenvalue weighted by Gasteiger charge is 2.40. The number of rotatable bonds is 5. The third kappa shape index (κ3) is 3.08. The summed E-state index contributed by atoms with van der Waals surface area (Å²) in [5.41, 5.74) is 1.07. The molecule has 2 unspecified atom stereocenters. The molecule has 0 aromatic rings. The van der Waals surface area contributed by atoms with E-state index in [0.29, 0.717) is 18.9 Å². The Kier molecular flexibility index (Phi) is 3.64. The van der Waals surface area contributed by atoms with Gasteiger partial charge in [-0.15, -0.1) is 6.58 Å². The molecule has 0 radical (unpaired) electrons. The first-order valence-electron chi connectivity index (χ1n) is 6.18. The number of hydrogen-bond donors (Lipinski definition) is 1. The maximum atomic E-state index is 11.7. The van der Waals surface area contributed by atoms with Crippen LogP contribution in [0.5, 0.6) is 0 Å². The molecule has 2 fully saturated rings. The van der Waals surface area contributed by atoms with Crippen LogP contribution in [-0.2, 0) is 9.53 Å². The number of nitrogens with one attached hydrogen (secondary N) is 1. The van der Waals surface area contributed by atoms with Gasteiger partial charge >= 0.3 is 0 Å². The Balaban J connectivity index is 1.75. The molecule has 1 heterocycles. The average Bonchev–Trinajstić information content (AvgIpc) is 2.97. The molecule has 1 saturated carbocycles. The third-order valence-electron chi connectivity index (χ3n) is 3.48. The van der Waals surface area contributed by atoms with Crippen molar-refractivity contribution < 1.29 is 9.53 Å². The van der Waals surface area contributed by atoms with E-state index in [9.17, 15) is 4.79 Å². The summed E-state index contributed by atoms with van der Waals surface area (Å²) in [6, 6.07) is 0.255. The minimum Gasteiger partial charge on any atom is -0.379 e. The Morgan fingerprint density at radius 1 is 1.38 bits per heavy atom. The molecule has 0 aromatic carbocycles. The smallest absolute Gasteiger partial charge is 0.220 e. The quantitative estimate of drug-likeness (QED) is 0.723. The molecule has 1 aliphatic carbocycles. The van der Waals surface area contributed by atoms with Gasteiger partial charge in [0.1, 0.15) is 0 Å². The standard InChI is InChI=1S/C13H21NO2/c1-9(2)3-6-13(15)14-12-8-16-7-11(12)10-4-5-10/h10-12H,1,3-8H2,2H3,(H,14,15). The topological polar surface area (TPSA) is 38.3 Å². The van der Waals surface area contributed by atoms with Gasteiger partial charge in [-0.25, -0.2) is 0 Å². The van der Waals surface area contributed by atoms with E-state index in [-0.39, 0.29) is 11.9 Å². The predicted octanol–water partition coefficient (Wildman–Crippen LogP) is 1.88. The zero-order valence-corrected chi connectivity index (χ0v) is 10.00. The molecular weight excluding hydrogens is 202 g/mol. The van der Waals surface area contributed by atoms with Gasteiger partial charge < -0.3 is 10.1 Å². The van der Waals surface area contributed by atoms with Gasteiger partial charge in [-0.3, -0.25) is 4.79 Å². The molecule has 0 bridgehead atoms. The summed E-state index contributed by atoms with van der Waals surface area (Å²) in [5, 5.41) is 3.10. The van der Waals surface area contributed by atoms with Crippen molar-refractivity contribution in [3.05, 3.63) is 12.2 Å². The molecule has 3 nitrogen and oxygen atoms in total. The summed E-state index contributed by atoms with van der Waals surface area (Å²) in [7, 11) is 0. The van der Waals surface area contributed by atoms with Crippen LogP contribution in [0.25, 0.3) is 0 Å². The van der Waals surface area contributed by atoms with E-state index < -0.39 is 0 Å². The van der Waals surface area contributed by atoms with Crippen molar-refractivity contribution >= 4 is 5.91 Å². The average molecular weight is 223 g/mol. The molecule has 0 spiro atoms. The lowest BCUT2D eigenvalue weighted by Gasteiger charge is -2.18. The fourth-order valence-electron chi connectivity index (χ4n) is 2.31. The second-order valence-corrected chi connectivity index (χ2v) is 5.17. The molecule has 1 aliphatic heterocycles. The van der Waals surface area contributed by atoms with E-state index in [1.54, 1.807) is 0 Å². The van der Waals surface area contributed by atoms with Gasteiger partial charge in [0.2, 0.25) is 5.91 Å². The second kappa shape index (κ2) is 5.00. The highest BCUT2D eigenvalue weighted by atomic mass is 16.5. The van der Waals surface area contributed by atoms with Crippen molar-refractivity contribution in [1.82, 2.24) is 5.32 Å². The maximum absolute atomic E-state index is 11.7. The Hall–Kier alpha value is -0.830. The van der Waals surface area contributed by atoms with Crippen molar-refractivity contribution in [3.63, 3.8) is 0 Å². The van der Waals surface area contributed by atoms with Crippen molar-refractivity contribution in [1.29, 1.82) is 0 Å². The zero-order chi connectivity index (χ0) is 11.5. The Morgan fingerprint density at radius 3 is 2.75 bits per heavy atom. The van der Waals surface area contributed by atoms with Crippen LogP contribution in [0.2, 0.25) is 0 Å². The van der Waals surface area contributed by atoms with Crippen LogP contribution in [0.3, 0.4) is 0 Å². The summed E-state index contributed by atoms with van der Waals surface area (Å²) in [6.45, 7) is 7.29. The van der Waals surface area contributed by atoms with Gasteiger partial charge in [-0.05, 0) is 32.1 Å². The SMILES string of the molecule is C=C(C)CCC(=O)NC1COCC1C1CC1. The molecule has 16 heavy (non-hydrogen) atoms. The summed E-state index contributed by atoms with van der Waals surface area (Å²) in [4.78, 5) is 11.7. The molecule has 2 atom stereocenters. The Morgan fingerprint density at radius 2 is 2.12 bits per heavy atom. The van der Waals surface area contributed by atoms with E-state index in [1.807, 2.05) is 6.92 Å². The van der Waals surface area contributed by atoms with Crippen LogP contribution in [0.15, 0.2) is 12.2 Å². The lowest BCUT2D eigenvalue weighted by atomic mass is 9.98. The largest absolute Gasteiger partial charge is 0.379 e. The summed E-state index contributed by atoms with van der Waals surface area (Å²) in [6.07, 6.45) is 3.97. The van der Waals surface area contributed by atoms with Crippen LogP contribution < -0.4 is 5.32 Å². The first-order chi connectivity index (χ1) is 7.66. The van der Waals surface area contributed by atoms with Crippen LogP contribution in [0, 0.1) is 11.8 Å². The third-order valence-corrected chi connectivity index (χ3v) is 3.48. The molecule has 1 amide bonds. The summed E-state index contributed by atoms with van der Waals surface area (Å²) in [5.74, 6) is 1.51. The molecule has 0 aromatic heterocycles. The lowest BCUT2D eigenvalue weighted by Crippen LogP contribution is -2.40. The second-order valence-electron chi connectivity index (χ2n) is 5.17. The van der Waals surface area contributed by atoms with Crippen LogP contribution >= 0.6 is 0 Å². The van der Waals surface area contributed by atoms with E-state index in [1.165, 1.54) is 12.8 Å². The number of ether oxygens (including phenoxy) is 1. The number of allylic oxidation sites excluding steroid dienone is 1. The first-order valence-corrected chi connectivity index (χ1v) is 6.18. The van der Waals surface area contributed by atoms with Gasteiger partial charge in [0.05, 0.1) is 19.3 Å². The number of hydrogen-bond acceptors (Lipinski definition) is 2. The number of carbonyl (C=O) groups is 1. The minimum absolute atomic E-state index is 0.143. The van der Waals surface area contributed by atoms with Gasteiger partial charge in [0, 0.05) is 12.3 Å². The number of amides is 1. The van der Waals surface area contributed by atoms with Crippen molar-refractivity contribution in [2.75, 3.05) is 13.2 Å². The van der Waals surface area contributed by atoms with Gasteiger partial charge in [-0.1, -0.05) is 5.57 Å². The Bertz CT molecular complexity index is 284. The predicted molar refractivity (Wildman–Crippen MR) is 63.0 cm³/mol. The van der Waals surface area contributed by atoms with Crippen LogP contribution in [0.1, 0.15) is 32.6 Å². The van der Waals surface area contributed by atoms with E-state index in [0.717, 1.165) is 24.5 Å². The van der Waals surface area contributed by atoms with Gasteiger partial charge in [-0.2, -0.15) is 0 Å². The van der Waals surface area contributed by atoms with Crippen molar-refractivity contribution in [3.8, 4) is 0 Å². The monoisotopic (exact) mass is 223 g/mol.